The number of esters is 1. The molecule has 0 aromatic heterocycles. The van der Waals surface area contributed by atoms with Gasteiger partial charge < -0.3 is 19.9 Å². The predicted molar refractivity (Wildman–Crippen MR) is 68.3 cm³/mol. The molecule has 0 unspecified atom stereocenters. The maximum atomic E-state index is 11.8. The Hall–Kier alpha value is -1.75. The molecule has 0 saturated carbocycles. The zero-order valence-electron chi connectivity index (χ0n) is 11.0. The van der Waals surface area contributed by atoms with Crippen molar-refractivity contribution in [2.75, 3.05) is 27.4 Å². The van der Waals surface area contributed by atoms with E-state index < -0.39 is 5.97 Å². The Morgan fingerprint density at radius 3 is 2.39 bits per heavy atom. The molecule has 0 amide bonds. The maximum absolute atomic E-state index is 11.8. The molecule has 0 spiro atoms. The van der Waals surface area contributed by atoms with Gasteiger partial charge >= 0.3 is 5.97 Å². The molecular formula is C13H19NO4. The first-order valence-electron chi connectivity index (χ1n) is 5.80. The number of carbonyl (C=O) groups excluding carboxylic acids is 1. The predicted octanol–water partition coefficient (Wildman–Crippen LogP) is 1.38. The molecule has 100 valence electrons. The van der Waals surface area contributed by atoms with Crippen LogP contribution in [0.25, 0.3) is 0 Å². The summed E-state index contributed by atoms with van der Waals surface area (Å²) in [6, 6.07) is 3.39. The third kappa shape index (κ3) is 3.13. The second-order valence-electron chi connectivity index (χ2n) is 3.62. The molecule has 1 aromatic rings. The van der Waals surface area contributed by atoms with E-state index in [1.807, 2.05) is 0 Å². The van der Waals surface area contributed by atoms with Crippen LogP contribution in [0.5, 0.6) is 11.5 Å². The molecule has 0 aliphatic carbocycles. The maximum Gasteiger partial charge on any atom is 0.342 e. The minimum atomic E-state index is -0.424. The van der Waals surface area contributed by atoms with Crippen LogP contribution in [-0.2, 0) is 11.2 Å². The number of nitrogens with two attached hydrogens (primary N) is 1. The van der Waals surface area contributed by atoms with Crippen molar-refractivity contribution in [3.63, 3.8) is 0 Å². The van der Waals surface area contributed by atoms with E-state index in [-0.39, 0.29) is 0 Å². The number of hydrogen-bond donors (Lipinski definition) is 1. The van der Waals surface area contributed by atoms with Crippen LogP contribution in [0.3, 0.4) is 0 Å². The summed E-state index contributed by atoms with van der Waals surface area (Å²) in [5.74, 6) is 0.661. The van der Waals surface area contributed by atoms with Gasteiger partial charge in [0, 0.05) is 0 Å². The lowest BCUT2D eigenvalue weighted by atomic mass is 10.1. The second kappa shape index (κ2) is 6.86. The first-order valence-corrected chi connectivity index (χ1v) is 5.80. The van der Waals surface area contributed by atoms with Crippen molar-refractivity contribution in [2.45, 2.75) is 13.3 Å². The van der Waals surface area contributed by atoms with Gasteiger partial charge in [-0.25, -0.2) is 4.79 Å². The molecule has 5 nitrogen and oxygen atoms in total. The molecule has 0 atom stereocenters. The summed E-state index contributed by atoms with van der Waals surface area (Å²) in [6.07, 6.45) is 0.655. The topological polar surface area (TPSA) is 70.8 Å². The highest BCUT2D eigenvalue weighted by atomic mass is 16.5. The van der Waals surface area contributed by atoms with Gasteiger partial charge in [-0.2, -0.15) is 0 Å². The van der Waals surface area contributed by atoms with Gasteiger partial charge in [0.25, 0.3) is 0 Å². The zero-order chi connectivity index (χ0) is 13.5. The van der Waals surface area contributed by atoms with Gasteiger partial charge in [0.05, 0.1) is 20.8 Å². The van der Waals surface area contributed by atoms with E-state index in [1.165, 1.54) is 7.11 Å². The van der Waals surface area contributed by atoms with Crippen LogP contribution in [0.15, 0.2) is 12.1 Å². The van der Waals surface area contributed by atoms with E-state index in [2.05, 4.69) is 0 Å². The minimum Gasteiger partial charge on any atom is -0.496 e. The molecule has 18 heavy (non-hydrogen) atoms. The molecule has 0 aliphatic rings. The molecule has 0 saturated heterocycles. The number of rotatable bonds is 6. The van der Waals surface area contributed by atoms with Gasteiger partial charge in [0.15, 0.2) is 0 Å². The van der Waals surface area contributed by atoms with Gasteiger partial charge in [0.1, 0.15) is 17.1 Å². The van der Waals surface area contributed by atoms with E-state index in [0.29, 0.717) is 36.6 Å². The van der Waals surface area contributed by atoms with E-state index in [4.69, 9.17) is 19.9 Å². The Morgan fingerprint density at radius 2 is 1.89 bits per heavy atom. The Bertz CT molecular complexity index is 418. The Kier molecular flexibility index (Phi) is 5.45. The second-order valence-corrected chi connectivity index (χ2v) is 3.62. The highest BCUT2D eigenvalue weighted by Crippen LogP contribution is 2.29. The molecule has 0 aliphatic heterocycles. The molecule has 1 aromatic carbocycles. The highest BCUT2D eigenvalue weighted by Gasteiger charge is 2.17. The molecule has 0 radical (unpaired) electrons. The normalized spacial score (nSPS) is 10.0. The fraction of sp³-hybridized carbons (Fsp3) is 0.462. The lowest BCUT2D eigenvalue weighted by molar-refractivity contribution is 0.0522. The lowest BCUT2D eigenvalue weighted by Crippen LogP contribution is -2.10. The monoisotopic (exact) mass is 253 g/mol. The van der Waals surface area contributed by atoms with Crippen molar-refractivity contribution in [2.24, 2.45) is 5.73 Å². The van der Waals surface area contributed by atoms with E-state index in [1.54, 1.807) is 26.2 Å². The lowest BCUT2D eigenvalue weighted by Gasteiger charge is -2.13. The van der Waals surface area contributed by atoms with E-state index in [0.717, 1.165) is 5.56 Å². The van der Waals surface area contributed by atoms with Gasteiger partial charge in [-0.05, 0) is 37.6 Å². The summed E-state index contributed by atoms with van der Waals surface area (Å²) in [5.41, 5.74) is 6.80. The van der Waals surface area contributed by atoms with Crippen LogP contribution >= 0.6 is 0 Å². The average molecular weight is 253 g/mol. The molecular weight excluding hydrogens is 234 g/mol. The van der Waals surface area contributed by atoms with Crippen molar-refractivity contribution >= 4 is 5.97 Å². The number of benzene rings is 1. The first kappa shape index (κ1) is 14.3. The van der Waals surface area contributed by atoms with Crippen LogP contribution in [-0.4, -0.2) is 33.3 Å². The fourth-order valence-electron chi connectivity index (χ4n) is 1.68. The average Bonchev–Trinajstić information content (AvgIpc) is 2.38. The Morgan fingerprint density at radius 1 is 1.22 bits per heavy atom. The fourth-order valence-corrected chi connectivity index (χ4v) is 1.68. The first-order chi connectivity index (χ1) is 8.67. The van der Waals surface area contributed by atoms with E-state index in [9.17, 15) is 4.79 Å². The summed E-state index contributed by atoms with van der Waals surface area (Å²) in [4.78, 5) is 11.8. The number of ether oxygens (including phenoxy) is 3. The SMILES string of the molecule is CCOC(=O)c1cc(OC)c(CCN)cc1OC. The molecule has 2 N–H and O–H groups in total. The van der Waals surface area contributed by atoms with Gasteiger partial charge in [-0.15, -0.1) is 0 Å². The standard InChI is InChI=1S/C13H19NO4/c1-4-18-13(15)10-8-11(16-2)9(5-6-14)7-12(10)17-3/h7-8H,4-6,14H2,1-3H3. The summed E-state index contributed by atoms with van der Waals surface area (Å²) in [7, 11) is 3.06. The van der Waals surface area contributed by atoms with Crippen LogP contribution < -0.4 is 15.2 Å². The Labute approximate surface area is 107 Å². The highest BCUT2D eigenvalue weighted by molar-refractivity contribution is 5.93. The summed E-state index contributed by atoms with van der Waals surface area (Å²) in [5, 5.41) is 0. The number of methoxy groups -OCH3 is 2. The number of hydrogen-bond acceptors (Lipinski definition) is 5. The molecule has 0 bridgehead atoms. The van der Waals surface area contributed by atoms with Crippen molar-refractivity contribution < 1.29 is 19.0 Å². The van der Waals surface area contributed by atoms with Crippen molar-refractivity contribution in [3.8, 4) is 11.5 Å². The molecule has 0 fully saturated rings. The van der Waals surface area contributed by atoms with Crippen LogP contribution in [0.1, 0.15) is 22.8 Å². The molecule has 1 rings (SSSR count). The van der Waals surface area contributed by atoms with Gasteiger partial charge in [-0.1, -0.05) is 0 Å². The van der Waals surface area contributed by atoms with Crippen LogP contribution in [0.2, 0.25) is 0 Å². The minimum absolute atomic E-state index is 0.314. The third-order valence-corrected chi connectivity index (χ3v) is 2.51. The van der Waals surface area contributed by atoms with Crippen LogP contribution in [0, 0.1) is 0 Å². The van der Waals surface area contributed by atoms with E-state index >= 15 is 0 Å². The largest absolute Gasteiger partial charge is 0.496 e. The molecule has 0 heterocycles. The van der Waals surface area contributed by atoms with Crippen molar-refractivity contribution in [1.82, 2.24) is 0 Å². The Balaban J connectivity index is 3.21. The summed E-state index contributed by atoms with van der Waals surface area (Å²) < 4.78 is 15.4. The zero-order valence-corrected chi connectivity index (χ0v) is 11.0. The quantitative estimate of drug-likeness (QED) is 0.775. The van der Waals surface area contributed by atoms with Crippen molar-refractivity contribution in [3.05, 3.63) is 23.3 Å². The van der Waals surface area contributed by atoms with Crippen LogP contribution in [0.4, 0.5) is 0 Å². The van der Waals surface area contributed by atoms with Gasteiger partial charge in [-0.3, -0.25) is 0 Å². The number of carbonyl (C=O) groups is 1. The van der Waals surface area contributed by atoms with Crippen molar-refractivity contribution in [1.29, 1.82) is 0 Å². The summed E-state index contributed by atoms with van der Waals surface area (Å²) >= 11 is 0. The third-order valence-electron chi connectivity index (χ3n) is 2.51. The molecule has 5 heteroatoms. The summed E-state index contributed by atoms with van der Waals surface area (Å²) in [6.45, 7) is 2.57. The smallest absolute Gasteiger partial charge is 0.342 e. The van der Waals surface area contributed by atoms with Gasteiger partial charge in [0.2, 0.25) is 0 Å².